The molecule has 31 heavy (non-hydrogen) atoms. The first kappa shape index (κ1) is 20.3. The Hall–Kier alpha value is -4.03. The van der Waals surface area contributed by atoms with Crippen molar-refractivity contribution in [3.63, 3.8) is 0 Å². The highest BCUT2D eigenvalue weighted by molar-refractivity contribution is 7.07. The van der Waals surface area contributed by atoms with E-state index in [9.17, 15) is 14.9 Å². The van der Waals surface area contributed by atoms with Gasteiger partial charge < -0.3 is 10.5 Å². The summed E-state index contributed by atoms with van der Waals surface area (Å²) in [5.74, 6) is -1.52. The Morgan fingerprint density at radius 3 is 2.68 bits per heavy atom. The van der Waals surface area contributed by atoms with Crippen molar-refractivity contribution in [1.82, 2.24) is 14.5 Å². The van der Waals surface area contributed by atoms with Crippen LogP contribution in [-0.2, 0) is 9.53 Å². The molecule has 154 valence electrons. The molecule has 1 atom stereocenters. The fraction of sp³-hybridized carbons (Fsp3) is 0.136. The summed E-state index contributed by atoms with van der Waals surface area (Å²) in [4.78, 5) is 34.2. The van der Waals surface area contributed by atoms with Gasteiger partial charge in [0.25, 0.3) is 5.56 Å². The van der Waals surface area contributed by atoms with Gasteiger partial charge in [-0.1, -0.05) is 12.1 Å². The first-order valence-electron chi connectivity index (χ1n) is 9.41. The minimum atomic E-state index is -0.790. The van der Waals surface area contributed by atoms with Gasteiger partial charge in [0.15, 0.2) is 0 Å². The summed E-state index contributed by atoms with van der Waals surface area (Å²) in [6.07, 6.45) is 8.10. The van der Waals surface area contributed by atoms with E-state index in [1.54, 1.807) is 56.0 Å². The zero-order valence-electron chi connectivity index (χ0n) is 16.5. The lowest BCUT2D eigenvalue weighted by Gasteiger charge is -2.24. The maximum atomic E-state index is 13.2. The van der Waals surface area contributed by atoms with Crippen molar-refractivity contribution in [2.45, 2.75) is 12.8 Å². The van der Waals surface area contributed by atoms with E-state index in [0.29, 0.717) is 14.8 Å². The highest BCUT2D eigenvalue weighted by Crippen LogP contribution is 2.36. The lowest BCUT2D eigenvalue weighted by molar-refractivity contribution is -0.138. The molecule has 4 rings (SSSR count). The van der Waals surface area contributed by atoms with Crippen LogP contribution in [0.5, 0.6) is 0 Å². The van der Waals surface area contributed by atoms with Crippen LogP contribution in [0.2, 0.25) is 0 Å². The van der Waals surface area contributed by atoms with Gasteiger partial charge in [-0.2, -0.15) is 5.26 Å². The first-order chi connectivity index (χ1) is 15.1. The molecule has 0 spiro atoms. The molecule has 0 fully saturated rings. The zero-order valence-corrected chi connectivity index (χ0v) is 17.3. The van der Waals surface area contributed by atoms with E-state index < -0.39 is 17.4 Å². The zero-order chi connectivity index (χ0) is 22.0. The summed E-state index contributed by atoms with van der Waals surface area (Å²) in [7, 11) is 0. The summed E-state index contributed by atoms with van der Waals surface area (Å²) in [6.45, 7) is 1.80. The SMILES string of the molecule is CCOC(=O)C1=C(N)n2c(s/c(=C\c3cccnc3)c2=O)=C(C#N)[C@@H]1c1cccnc1. The molecular formula is C22H17N5O3S. The number of hydrogen-bond acceptors (Lipinski definition) is 8. The van der Waals surface area contributed by atoms with Crippen molar-refractivity contribution in [2.24, 2.45) is 5.73 Å². The summed E-state index contributed by atoms with van der Waals surface area (Å²) in [5, 5.41) is 10.0. The normalized spacial score (nSPS) is 16.1. The summed E-state index contributed by atoms with van der Waals surface area (Å²) in [6, 6.07) is 9.21. The second kappa shape index (κ2) is 8.38. The van der Waals surface area contributed by atoms with E-state index in [4.69, 9.17) is 10.5 Å². The Bertz CT molecular complexity index is 1400. The lowest BCUT2D eigenvalue weighted by atomic mass is 9.84. The van der Waals surface area contributed by atoms with Gasteiger partial charge >= 0.3 is 5.97 Å². The van der Waals surface area contributed by atoms with Gasteiger partial charge in [0, 0.05) is 24.8 Å². The van der Waals surface area contributed by atoms with Crippen LogP contribution < -0.4 is 20.5 Å². The number of nitrogens with two attached hydrogens (primary N) is 1. The minimum absolute atomic E-state index is 0.0478. The number of hydrogen-bond donors (Lipinski definition) is 1. The Morgan fingerprint density at radius 1 is 1.32 bits per heavy atom. The second-order valence-corrected chi connectivity index (χ2v) is 7.64. The predicted molar refractivity (Wildman–Crippen MR) is 116 cm³/mol. The molecule has 3 aromatic heterocycles. The average molecular weight is 431 g/mol. The van der Waals surface area contributed by atoms with Gasteiger partial charge in [-0.25, -0.2) is 4.79 Å². The van der Waals surface area contributed by atoms with Crippen molar-refractivity contribution in [3.8, 4) is 6.07 Å². The number of carbonyl (C=O) groups is 1. The van der Waals surface area contributed by atoms with Crippen LogP contribution in [-0.4, -0.2) is 27.1 Å². The third-order valence-electron chi connectivity index (χ3n) is 4.76. The molecule has 0 amide bonds. The molecule has 8 nitrogen and oxygen atoms in total. The molecule has 0 saturated heterocycles. The van der Waals surface area contributed by atoms with Crippen molar-refractivity contribution in [3.05, 3.63) is 85.3 Å². The Balaban J connectivity index is 2.07. The number of nitriles is 1. The Labute approximate surface area is 180 Å². The molecule has 0 radical (unpaired) electrons. The van der Waals surface area contributed by atoms with Crippen LogP contribution in [0, 0.1) is 11.3 Å². The fourth-order valence-electron chi connectivity index (χ4n) is 3.45. The monoisotopic (exact) mass is 431 g/mol. The topological polar surface area (TPSA) is 124 Å². The third-order valence-corrected chi connectivity index (χ3v) is 5.87. The highest BCUT2D eigenvalue weighted by atomic mass is 32.1. The quantitative estimate of drug-likeness (QED) is 0.603. The summed E-state index contributed by atoms with van der Waals surface area (Å²) >= 11 is 1.14. The number of fused-ring (bicyclic) bond motifs is 1. The number of esters is 1. The molecule has 0 bridgehead atoms. The van der Waals surface area contributed by atoms with Gasteiger partial charge in [0.1, 0.15) is 10.5 Å². The number of carbonyl (C=O) groups excluding carboxylic acids is 1. The molecule has 0 saturated carbocycles. The predicted octanol–water partition coefficient (Wildman–Crippen LogP) is 0.691. The van der Waals surface area contributed by atoms with Crippen LogP contribution in [0.4, 0.5) is 0 Å². The van der Waals surface area contributed by atoms with Gasteiger partial charge in [0.2, 0.25) is 0 Å². The molecule has 0 unspecified atom stereocenters. The highest BCUT2D eigenvalue weighted by Gasteiger charge is 2.36. The maximum absolute atomic E-state index is 13.2. The van der Waals surface area contributed by atoms with Crippen molar-refractivity contribution in [1.29, 1.82) is 5.26 Å². The number of nitrogens with zero attached hydrogens (tertiary/aromatic N) is 4. The molecule has 0 aliphatic carbocycles. The fourth-order valence-corrected chi connectivity index (χ4v) is 4.58. The molecule has 2 N–H and O–H groups in total. The van der Waals surface area contributed by atoms with Gasteiger partial charge in [-0.15, -0.1) is 11.3 Å². The van der Waals surface area contributed by atoms with E-state index in [-0.39, 0.29) is 23.6 Å². The Kier molecular flexibility index (Phi) is 5.47. The molecule has 9 heteroatoms. The minimum Gasteiger partial charge on any atom is -0.463 e. The van der Waals surface area contributed by atoms with Crippen molar-refractivity contribution < 1.29 is 9.53 Å². The number of ether oxygens (including phenoxy) is 1. The van der Waals surface area contributed by atoms with Crippen LogP contribution >= 0.6 is 11.3 Å². The maximum Gasteiger partial charge on any atom is 0.338 e. The largest absolute Gasteiger partial charge is 0.463 e. The first-order valence-corrected chi connectivity index (χ1v) is 10.2. The number of thiazole rings is 1. The van der Waals surface area contributed by atoms with E-state index in [1.165, 1.54) is 4.57 Å². The van der Waals surface area contributed by atoms with Crippen LogP contribution in [0.15, 0.2) is 59.4 Å². The van der Waals surface area contributed by atoms with Gasteiger partial charge in [-0.3, -0.25) is 19.3 Å². The standard InChI is InChI=1S/C22H17N5O3S/c1-2-30-22(29)18-17(14-6-4-8-26-12-14)15(10-23)21-27(19(18)24)20(28)16(31-21)9-13-5-3-7-25-11-13/h3-9,11-12,17H,2,24H2,1H3/b16-9-/t17-/m0/s1. The Morgan fingerprint density at radius 2 is 2.06 bits per heavy atom. The number of rotatable bonds is 4. The number of pyridine rings is 2. The van der Waals surface area contributed by atoms with E-state index >= 15 is 0 Å². The summed E-state index contributed by atoms with van der Waals surface area (Å²) < 4.78 is 7.16. The van der Waals surface area contributed by atoms with E-state index in [0.717, 1.165) is 16.9 Å². The lowest BCUT2D eigenvalue weighted by Crippen LogP contribution is -2.40. The average Bonchev–Trinajstić information content (AvgIpc) is 3.11. The van der Waals surface area contributed by atoms with Crippen LogP contribution in [0.3, 0.4) is 0 Å². The summed E-state index contributed by atoms with van der Waals surface area (Å²) in [5.41, 5.74) is 7.56. The van der Waals surface area contributed by atoms with Gasteiger partial charge in [0.05, 0.1) is 34.3 Å². The smallest absolute Gasteiger partial charge is 0.338 e. The van der Waals surface area contributed by atoms with Crippen molar-refractivity contribution in [2.75, 3.05) is 6.61 Å². The van der Waals surface area contributed by atoms with Crippen LogP contribution in [0.25, 0.3) is 17.5 Å². The van der Waals surface area contributed by atoms with E-state index in [2.05, 4.69) is 16.0 Å². The third kappa shape index (κ3) is 3.53. The number of aromatic nitrogens is 3. The molecule has 1 aliphatic heterocycles. The second-order valence-electron chi connectivity index (χ2n) is 6.61. The molecule has 1 aliphatic rings. The molecule has 0 aromatic carbocycles. The molecular weight excluding hydrogens is 414 g/mol. The molecule has 4 heterocycles. The van der Waals surface area contributed by atoms with Crippen LogP contribution in [0.1, 0.15) is 24.0 Å². The van der Waals surface area contributed by atoms with Crippen molar-refractivity contribution >= 4 is 34.8 Å². The van der Waals surface area contributed by atoms with E-state index in [1.807, 2.05) is 6.07 Å². The molecule has 3 aromatic rings. The van der Waals surface area contributed by atoms with Gasteiger partial charge in [-0.05, 0) is 36.3 Å².